The van der Waals surface area contributed by atoms with Gasteiger partial charge in [0, 0.05) is 6.04 Å². The van der Waals surface area contributed by atoms with E-state index in [-0.39, 0.29) is 23.4 Å². The predicted molar refractivity (Wildman–Crippen MR) is 98.9 cm³/mol. The molecule has 5 nitrogen and oxygen atoms in total. The molecule has 1 aromatic heterocycles. The van der Waals surface area contributed by atoms with Crippen molar-refractivity contribution in [2.75, 3.05) is 5.32 Å². The molecule has 130 valence electrons. The van der Waals surface area contributed by atoms with Gasteiger partial charge in [0.2, 0.25) is 11.2 Å². The van der Waals surface area contributed by atoms with Crippen molar-refractivity contribution < 1.29 is 4.74 Å². The number of fused-ring (bicyclic) bond motifs is 2. The van der Waals surface area contributed by atoms with Gasteiger partial charge in [-0.1, -0.05) is 29.8 Å². The number of benzene rings is 1. The molecule has 0 amide bonds. The summed E-state index contributed by atoms with van der Waals surface area (Å²) in [4.78, 5) is 12.6. The van der Waals surface area contributed by atoms with Crippen molar-refractivity contribution in [1.82, 2.24) is 15.0 Å². The van der Waals surface area contributed by atoms with Gasteiger partial charge in [-0.15, -0.1) is 0 Å². The van der Waals surface area contributed by atoms with Crippen LogP contribution in [0.25, 0.3) is 5.57 Å². The fourth-order valence-electron chi connectivity index (χ4n) is 3.65. The van der Waals surface area contributed by atoms with E-state index >= 15 is 0 Å². The topological polar surface area (TPSA) is 59.9 Å². The van der Waals surface area contributed by atoms with Gasteiger partial charge >= 0.3 is 6.01 Å². The molecule has 0 saturated heterocycles. The van der Waals surface area contributed by atoms with Crippen LogP contribution in [0.15, 0.2) is 29.8 Å². The first-order chi connectivity index (χ1) is 12.1. The van der Waals surface area contributed by atoms with Crippen LogP contribution in [0.1, 0.15) is 44.2 Å². The number of ether oxygens (including phenoxy) is 1. The van der Waals surface area contributed by atoms with Crippen LogP contribution in [0.4, 0.5) is 5.95 Å². The number of nitrogens with one attached hydrogen (secondary N) is 1. The monoisotopic (exact) mass is 356 g/mol. The standard InChI is InChI=1S/C19H21ClN4O/c1-11(2)25-19-23-17(20)22-18(24-19)21-14-8-7-13-9-12-5-3-4-6-15(12)16(13)10-14/h3-6,11,14H,7-10H2,1-2H3,(H,21,22,23,24)/t14-/m1/s1. The number of nitrogens with zero attached hydrogens (tertiary/aromatic N) is 3. The fourth-order valence-corrected chi connectivity index (χ4v) is 3.80. The molecular weight excluding hydrogens is 336 g/mol. The fraction of sp³-hybridized carbons (Fsp3) is 0.421. The van der Waals surface area contributed by atoms with E-state index in [1.54, 1.807) is 5.57 Å². The summed E-state index contributed by atoms with van der Waals surface area (Å²) in [6.07, 6.45) is 4.24. The number of anilines is 1. The van der Waals surface area contributed by atoms with Crippen molar-refractivity contribution >= 4 is 23.1 Å². The summed E-state index contributed by atoms with van der Waals surface area (Å²) >= 11 is 6.02. The second-order valence-corrected chi connectivity index (χ2v) is 7.22. The minimum atomic E-state index is -0.0105. The summed E-state index contributed by atoms with van der Waals surface area (Å²) in [5.74, 6) is 0.482. The van der Waals surface area contributed by atoms with Crippen molar-refractivity contribution in [2.24, 2.45) is 0 Å². The minimum absolute atomic E-state index is 0.0105. The van der Waals surface area contributed by atoms with Crippen LogP contribution in [0.5, 0.6) is 6.01 Å². The quantitative estimate of drug-likeness (QED) is 0.885. The zero-order valence-electron chi connectivity index (χ0n) is 14.4. The highest BCUT2D eigenvalue weighted by Crippen LogP contribution is 2.41. The number of allylic oxidation sites excluding steroid dienone is 1. The van der Waals surface area contributed by atoms with Crippen molar-refractivity contribution in [1.29, 1.82) is 0 Å². The van der Waals surface area contributed by atoms with E-state index in [1.807, 2.05) is 13.8 Å². The number of halogens is 1. The highest BCUT2D eigenvalue weighted by molar-refractivity contribution is 6.28. The van der Waals surface area contributed by atoms with E-state index in [1.165, 1.54) is 16.7 Å². The summed E-state index contributed by atoms with van der Waals surface area (Å²) in [5, 5.41) is 3.57. The molecule has 0 radical (unpaired) electrons. The van der Waals surface area contributed by atoms with E-state index in [0.717, 1.165) is 25.7 Å². The van der Waals surface area contributed by atoms with Gasteiger partial charge in [0.05, 0.1) is 6.10 Å². The summed E-state index contributed by atoms with van der Waals surface area (Å²) in [5.41, 5.74) is 5.92. The zero-order valence-corrected chi connectivity index (χ0v) is 15.2. The SMILES string of the molecule is CC(C)Oc1nc(Cl)nc(N[C@@H]2CCC3=C(C2)c2ccccc2C3)n1. The summed E-state index contributed by atoms with van der Waals surface area (Å²) in [7, 11) is 0. The van der Waals surface area contributed by atoms with E-state index < -0.39 is 0 Å². The minimum Gasteiger partial charge on any atom is -0.461 e. The molecule has 0 spiro atoms. The van der Waals surface area contributed by atoms with E-state index in [4.69, 9.17) is 16.3 Å². The Morgan fingerprint density at radius 3 is 2.88 bits per heavy atom. The molecule has 0 aliphatic heterocycles. The maximum Gasteiger partial charge on any atom is 0.322 e. The van der Waals surface area contributed by atoms with Crippen LogP contribution in [-0.2, 0) is 6.42 Å². The molecule has 0 fully saturated rings. The van der Waals surface area contributed by atoms with Crippen molar-refractivity contribution in [3.63, 3.8) is 0 Å². The second kappa shape index (κ2) is 6.64. The lowest BCUT2D eigenvalue weighted by Crippen LogP contribution is -2.24. The lowest BCUT2D eigenvalue weighted by molar-refractivity contribution is 0.222. The van der Waals surface area contributed by atoms with Crippen LogP contribution >= 0.6 is 11.6 Å². The largest absolute Gasteiger partial charge is 0.461 e. The molecule has 25 heavy (non-hydrogen) atoms. The van der Waals surface area contributed by atoms with Crippen molar-refractivity contribution in [3.8, 4) is 6.01 Å². The highest BCUT2D eigenvalue weighted by atomic mass is 35.5. The lowest BCUT2D eigenvalue weighted by atomic mass is 9.88. The van der Waals surface area contributed by atoms with Gasteiger partial charge in [0.15, 0.2) is 0 Å². The van der Waals surface area contributed by atoms with Crippen molar-refractivity contribution in [3.05, 3.63) is 46.2 Å². The first-order valence-corrected chi connectivity index (χ1v) is 9.10. The number of aromatic nitrogens is 3. The van der Waals surface area contributed by atoms with Crippen LogP contribution in [-0.4, -0.2) is 27.1 Å². The molecule has 2 aliphatic carbocycles. The Labute approximate surface area is 152 Å². The van der Waals surface area contributed by atoms with E-state index in [2.05, 4.69) is 44.5 Å². The van der Waals surface area contributed by atoms with Gasteiger partial charge in [-0.3, -0.25) is 0 Å². The van der Waals surface area contributed by atoms with Crippen LogP contribution in [0.2, 0.25) is 5.28 Å². The third kappa shape index (κ3) is 3.47. The highest BCUT2D eigenvalue weighted by Gasteiger charge is 2.28. The molecule has 2 aliphatic rings. The van der Waals surface area contributed by atoms with E-state index in [9.17, 15) is 0 Å². The molecule has 1 N–H and O–H groups in total. The number of hydrogen-bond acceptors (Lipinski definition) is 5. The first-order valence-electron chi connectivity index (χ1n) is 8.72. The Bertz CT molecular complexity index is 834. The van der Waals surface area contributed by atoms with E-state index in [0.29, 0.717) is 5.95 Å². The second-order valence-electron chi connectivity index (χ2n) is 6.88. The van der Waals surface area contributed by atoms with Gasteiger partial charge < -0.3 is 10.1 Å². The maximum absolute atomic E-state index is 6.02. The number of rotatable bonds is 4. The first kappa shape index (κ1) is 16.3. The molecule has 6 heteroatoms. The number of hydrogen-bond donors (Lipinski definition) is 1. The Morgan fingerprint density at radius 1 is 1.20 bits per heavy atom. The molecule has 1 heterocycles. The molecule has 1 atom stereocenters. The van der Waals surface area contributed by atoms with Crippen molar-refractivity contribution in [2.45, 2.75) is 51.7 Å². The lowest BCUT2D eigenvalue weighted by Gasteiger charge is -2.25. The Kier molecular flexibility index (Phi) is 4.34. The molecule has 0 saturated carbocycles. The normalized spacial score (nSPS) is 19.0. The van der Waals surface area contributed by atoms with Gasteiger partial charge in [0.25, 0.3) is 0 Å². The molecule has 0 unspecified atom stereocenters. The molecule has 1 aromatic carbocycles. The zero-order chi connectivity index (χ0) is 17.4. The van der Waals surface area contributed by atoms with Gasteiger partial charge in [-0.05, 0) is 67.8 Å². The third-order valence-electron chi connectivity index (χ3n) is 4.68. The summed E-state index contributed by atoms with van der Waals surface area (Å²) < 4.78 is 5.54. The average Bonchev–Trinajstić information content (AvgIpc) is 2.92. The smallest absolute Gasteiger partial charge is 0.322 e. The van der Waals surface area contributed by atoms with Crippen LogP contribution in [0, 0.1) is 0 Å². The molecule has 2 aromatic rings. The molecule has 4 rings (SSSR count). The van der Waals surface area contributed by atoms with Crippen LogP contribution in [0.3, 0.4) is 0 Å². The predicted octanol–water partition coefficient (Wildman–Crippen LogP) is 4.29. The molecular formula is C19H21ClN4O. The van der Waals surface area contributed by atoms with Gasteiger partial charge in [0.1, 0.15) is 0 Å². The van der Waals surface area contributed by atoms with Gasteiger partial charge in [-0.2, -0.15) is 15.0 Å². The Morgan fingerprint density at radius 2 is 2.04 bits per heavy atom. The summed E-state index contributed by atoms with van der Waals surface area (Å²) in [6.45, 7) is 3.86. The maximum atomic E-state index is 6.02. The third-order valence-corrected chi connectivity index (χ3v) is 4.85. The van der Waals surface area contributed by atoms with Crippen LogP contribution < -0.4 is 10.1 Å². The van der Waals surface area contributed by atoms with Gasteiger partial charge in [-0.25, -0.2) is 0 Å². The average molecular weight is 357 g/mol. The molecule has 0 bridgehead atoms. The Balaban J connectivity index is 1.51. The summed E-state index contributed by atoms with van der Waals surface area (Å²) in [6, 6.07) is 9.25. The Hall–Kier alpha value is -2.14.